The maximum atomic E-state index is 11.1. The van der Waals surface area contributed by atoms with E-state index in [1.807, 2.05) is 0 Å². The highest BCUT2D eigenvalue weighted by atomic mass is 16.2. The smallest absolute Gasteiger partial charge is 0.239 e. The van der Waals surface area contributed by atoms with Crippen molar-refractivity contribution in [1.82, 2.24) is 15.1 Å². The normalized spacial score (nSPS) is 9.93. The van der Waals surface area contributed by atoms with Gasteiger partial charge in [-0.1, -0.05) is 0 Å². The number of amides is 2. The monoisotopic (exact) mass is 211 g/mol. The van der Waals surface area contributed by atoms with E-state index in [0.29, 0.717) is 5.69 Å². The molecule has 15 heavy (non-hydrogen) atoms. The Morgan fingerprint density at radius 1 is 1.60 bits per heavy atom. The summed E-state index contributed by atoms with van der Waals surface area (Å²) in [7, 11) is 1.68. The van der Waals surface area contributed by atoms with E-state index in [1.54, 1.807) is 13.2 Å². The second kappa shape index (κ2) is 5.11. The van der Waals surface area contributed by atoms with E-state index in [1.165, 1.54) is 10.9 Å². The molecule has 0 aliphatic carbocycles. The quantitative estimate of drug-likeness (QED) is 0.553. The highest BCUT2D eigenvalue weighted by Gasteiger charge is 2.04. The van der Waals surface area contributed by atoms with Crippen molar-refractivity contribution in [3.63, 3.8) is 0 Å². The fourth-order valence-electron chi connectivity index (χ4n) is 1.04. The Labute approximate surface area is 86.6 Å². The number of nitrogens with two attached hydrogens (primary N) is 1. The van der Waals surface area contributed by atoms with Crippen molar-refractivity contribution < 1.29 is 9.59 Å². The summed E-state index contributed by atoms with van der Waals surface area (Å²) in [6, 6.07) is 0. The van der Waals surface area contributed by atoms with Crippen LogP contribution in [0.25, 0.3) is 0 Å². The topological polar surface area (TPSA) is 102 Å². The van der Waals surface area contributed by atoms with Gasteiger partial charge in [-0.2, -0.15) is 5.10 Å². The lowest BCUT2D eigenvalue weighted by Gasteiger charge is -2.00. The Morgan fingerprint density at radius 3 is 2.93 bits per heavy atom. The lowest BCUT2D eigenvalue weighted by molar-refractivity contribution is -0.118. The summed E-state index contributed by atoms with van der Waals surface area (Å²) in [4.78, 5) is 21.7. The van der Waals surface area contributed by atoms with E-state index in [-0.39, 0.29) is 19.0 Å². The molecule has 0 saturated heterocycles. The van der Waals surface area contributed by atoms with Crippen LogP contribution < -0.4 is 16.4 Å². The molecule has 82 valence electrons. The van der Waals surface area contributed by atoms with Crippen LogP contribution in [0.2, 0.25) is 0 Å². The molecule has 2 amide bonds. The van der Waals surface area contributed by atoms with Gasteiger partial charge in [0.2, 0.25) is 11.8 Å². The minimum atomic E-state index is -0.480. The summed E-state index contributed by atoms with van der Waals surface area (Å²) in [5.41, 5.74) is 5.52. The Bertz CT molecular complexity index is 360. The first-order chi connectivity index (χ1) is 7.11. The Hall–Kier alpha value is -1.89. The lowest BCUT2D eigenvalue weighted by Crippen LogP contribution is -2.24. The third-order valence-corrected chi connectivity index (χ3v) is 1.57. The zero-order chi connectivity index (χ0) is 11.3. The van der Waals surface area contributed by atoms with Crippen LogP contribution in [0.5, 0.6) is 0 Å². The standard InChI is InChI=1S/C8H13N5O2/c1-10-3-8(15)12-6-2-11-13(4-6)5-7(9)14/h2,4,10H,3,5H2,1H3,(H2,9,14)(H,12,15). The molecular formula is C8H13N5O2. The van der Waals surface area contributed by atoms with Gasteiger partial charge in [0.05, 0.1) is 18.4 Å². The average Bonchev–Trinajstić information content (AvgIpc) is 2.51. The van der Waals surface area contributed by atoms with Crippen molar-refractivity contribution in [2.45, 2.75) is 6.54 Å². The van der Waals surface area contributed by atoms with E-state index < -0.39 is 5.91 Å². The summed E-state index contributed by atoms with van der Waals surface area (Å²) in [5.74, 6) is -0.651. The predicted molar refractivity (Wildman–Crippen MR) is 54.0 cm³/mol. The molecule has 0 radical (unpaired) electrons. The van der Waals surface area contributed by atoms with Crippen molar-refractivity contribution in [3.05, 3.63) is 12.4 Å². The number of likely N-dealkylation sites (N-methyl/N-ethyl adjacent to an activating group) is 1. The number of aromatic nitrogens is 2. The van der Waals surface area contributed by atoms with Crippen molar-refractivity contribution in [3.8, 4) is 0 Å². The van der Waals surface area contributed by atoms with Crippen LogP contribution in [0.15, 0.2) is 12.4 Å². The highest BCUT2D eigenvalue weighted by Crippen LogP contribution is 2.03. The van der Waals surface area contributed by atoms with E-state index in [4.69, 9.17) is 5.73 Å². The number of carbonyl (C=O) groups is 2. The fourth-order valence-corrected chi connectivity index (χ4v) is 1.04. The number of nitrogens with zero attached hydrogens (tertiary/aromatic N) is 2. The van der Waals surface area contributed by atoms with Crippen LogP contribution in [-0.2, 0) is 16.1 Å². The van der Waals surface area contributed by atoms with Gasteiger partial charge in [0.15, 0.2) is 0 Å². The molecular weight excluding hydrogens is 198 g/mol. The number of anilines is 1. The molecule has 4 N–H and O–H groups in total. The maximum Gasteiger partial charge on any atom is 0.239 e. The van der Waals surface area contributed by atoms with Gasteiger partial charge < -0.3 is 16.4 Å². The number of nitrogens with one attached hydrogen (secondary N) is 2. The van der Waals surface area contributed by atoms with Gasteiger partial charge in [0.25, 0.3) is 0 Å². The van der Waals surface area contributed by atoms with Crippen molar-refractivity contribution in [2.75, 3.05) is 18.9 Å². The summed E-state index contributed by atoms with van der Waals surface area (Å²) in [5, 5.41) is 9.16. The van der Waals surface area contributed by atoms with Crippen LogP contribution in [0, 0.1) is 0 Å². The minimum absolute atomic E-state index is 0.00188. The SMILES string of the molecule is CNCC(=O)Nc1cnn(CC(N)=O)c1. The highest BCUT2D eigenvalue weighted by molar-refractivity contribution is 5.91. The van der Waals surface area contributed by atoms with Gasteiger partial charge in [-0.15, -0.1) is 0 Å². The van der Waals surface area contributed by atoms with Crippen LogP contribution in [0.1, 0.15) is 0 Å². The number of primary amides is 1. The van der Waals surface area contributed by atoms with Crippen molar-refractivity contribution in [2.24, 2.45) is 5.73 Å². The van der Waals surface area contributed by atoms with Gasteiger partial charge >= 0.3 is 0 Å². The molecule has 1 rings (SSSR count). The summed E-state index contributed by atoms with van der Waals surface area (Å²) >= 11 is 0. The molecule has 0 aromatic carbocycles. The second-order valence-corrected chi connectivity index (χ2v) is 2.97. The van der Waals surface area contributed by atoms with E-state index in [2.05, 4.69) is 15.7 Å². The Morgan fingerprint density at radius 2 is 2.33 bits per heavy atom. The van der Waals surface area contributed by atoms with Crippen LogP contribution in [-0.4, -0.2) is 35.2 Å². The number of carbonyl (C=O) groups excluding carboxylic acids is 2. The van der Waals surface area contributed by atoms with E-state index in [0.717, 1.165) is 0 Å². The van der Waals surface area contributed by atoms with E-state index in [9.17, 15) is 9.59 Å². The predicted octanol–water partition coefficient (Wildman–Crippen LogP) is -1.47. The molecule has 1 heterocycles. The molecule has 1 aromatic rings. The zero-order valence-corrected chi connectivity index (χ0v) is 8.36. The first-order valence-electron chi connectivity index (χ1n) is 4.37. The molecule has 0 aliphatic heterocycles. The van der Waals surface area contributed by atoms with Crippen LogP contribution in [0.3, 0.4) is 0 Å². The molecule has 7 heteroatoms. The maximum absolute atomic E-state index is 11.1. The minimum Gasteiger partial charge on any atom is -0.368 e. The van der Waals surface area contributed by atoms with Crippen molar-refractivity contribution >= 4 is 17.5 Å². The summed E-state index contributed by atoms with van der Waals surface area (Å²) in [6.07, 6.45) is 2.99. The first kappa shape index (κ1) is 11.2. The largest absolute Gasteiger partial charge is 0.368 e. The van der Waals surface area contributed by atoms with Crippen LogP contribution >= 0.6 is 0 Å². The van der Waals surface area contributed by atoms with Gasteiger partial charge in [-0.05, 0) is 7.05 Å². The summed E-state index contributed by atoms with van der Waals surface area (Å²) in [6.45, 7) is 0.225. The second-order valence-electron chi connectivity index (χ2n) is 2.97. The molecule has 0 fully saturated rings. The summed E-state index contributed by atoms with van der Waals surface area (Å²) < 4.78 is 1.36. The Balaban J connectivity index is 2.52. The third kappa shape index (κ3) is 3.77. The molecule has 0 unspecified atom stereocenters. The zero-order valence-electron chi connectivity index (χ0n) is 8.36. The molecule has 0 spiro atoms. The molecule has 0 atom stereocenters. The number of hydrogen-bond donors (Lipinski definition) is 3. The third-order valence-electron chi connectivity index (χ3n) is 1.57. The molecule has 0 aliphatic rings. The molecule has 0 bridgehead atoms. The Kier molecular flexibility index (Phi) is 3.81. The van der Waals surface area contributed by atoms with Gasteiger partial charge in [-0.25, -0.2) is 0 Å². The number of hydrogen-bond acceptors (Lipinski definition) is 4. The fraction of sp³-hybridized carbons (Fsp3) is 0.375. The van der Waals surface area contributed by atoms with Crippen LogP contribution in [0.4, 0.5) is 5.69 Å². The lowest BCUT2D eigenvalue weighted by atomic mass is 10.5. The van der Waals surface area contributed by atoms with E-state index >= 15 is 0 Å². The molecule has 1 aromatic heterocycles. The first-order valence-corrected chi connectivity index (χ1v) is 4.37. The van der Waals surface area contributed by atoms with Crippen molar-refractivity contribution in [1.29, 1.82) is 0 Å². The van der Waals surface area contributed by atoms with Gasteiger partial charge in [0.1, 0.15) is 6.54 Å². The average molecular weight is 211 g/mol. The van der Waals surface area contributed by atoms with Gasteiger partial charge in [0, 0.05) is 6.20 Å². The molecule has 0 saturated carbocycles. The number of rotatable bonds is 5. The molecule has 7 nitrogen and oxygen atoms in total. The van der Waals surface area contributed by atoms with Gasteiger partial charge in [-0.3, -0.25) is 14.3 Å².